The van der Waals surface area contributed by atoms with Gasteiger partial charge < -0.3 is 9.80 Å². The van der Waals surface area contributed by atoms with Crippen LogP contribution in [0.2, 0.25) is 0 Å². The first-order chi connectivity index (χ1) is 29.5. The van der Waals surface area contributed by atoms with Gasteiger partial charge >= 0.3 is 0 Å². The van der Waals surface area contributed by atoms with Crippen molar-refractivity contribution in [3.05, 3.63) is 214 Å². The standard InChI is InChI=1S/C57H46N2S/c1-57(2)49-34-38(21-29-45(49)46-30-27-44(36-50(46)57)59-53-17-9-5-13-41(53)25-26-42-14-6-10-18-54(42)59)20-19-37-22-31-55-47(33-37)48-35-43(28-32-56(48)60-55)58-51-15-7-3-11-39(51)23-24-40-12-4-8-16-52(40)58/h3-22,27-35,44H,23-26,36H2,1-2H3. The van der Waals surface area contributed by atoms with Gasteiger partial charge in [0, 0.05) is 54.0 Å². The van der Waals surface area contributed by atoms with Crippen LogP contribution in [-0.2, 0) is 31.1 Å². The summed E-state index contributed by atoms with van der Waals surface area (Å²) in [6.45, 7) is 4.88. The minimum absolute atomic E-state index is 0.0664. The van der Waals surface area contributed by atoms with E-state index in [1.807, 2.05) is 11.3 Å². The second kappa shape index (κ2) is 13.8. The molecule has 8 aromatic rings. The molecule has 0 spiro atoms. The van der Waals surface area contributed by atoms with Crippen LogP contribution in [0.25, 0.3) is 37.9 Å². The SMILES string of the molecule is CC1(C)C2=C(C=CC(N3c4ccccc4CCc4ccccc43)C2)c2ccc(C=Cc3ccc4sc5ccc(N6c7ccccc7CCc7ccccc76)cc5c4c3)cc21. The van der Waals surface area contributed by atoms with E-state index < -0.39 is 0 Å². The van der Waals surface area contributed by atoms with Gasteiger partial charge in [-0.2, -0.15) is 0 Å². The van der Waals surface area contributed by atoms with Crippen LogP contribution in [0.4, 0.5) is 28.4 Å². The number of benzene rings is 7. The zero-order chi connectivity index (χ0) is 40.0. The van der Waals surface area contributed by atoms with Crippen molar-refractivity contribution >= 4 is 77.7 Å². The van der Waals surface area contributed by atoms with E-state index in [2.05, 4.69) is 200 Å². The molecule has 60 heavy (non-hydrogen) atoms. The van der Waals surface area contributed by atoms with Gasteiger partial charge in [-0.3, -0.25) is 0 Å². The van der Waals surface area contributed by atoms with E-state index in [0.717, 1.165) is 32.1 Å². The highest BCUT2D eigenvalue weighted by molar-refractivity contribution is 7.25. The molecule has 0 amide bonds. The molecule has 0 saturated carbocycles. The van der Waals surface area contributed by atoms with Crippen molar-refractivity contribution < 1.29 is 0 Å². The van der Waals surface area contributed by atoms with Crippen LogP contribution in [-0.4, -0.2) is 6.04 Å². The molecule has 0 fully saturated rings. The molecule has 2 nitrogen and oxygen atoms in total. The van der Waals surface area contributed by atoms with Gasteiger partial charge in [-0.25, -0.2) is 0 Å². The first kappa shape index (κ1) is 35.5. The first-order valence-corrected chi connectivity index (χ1v) is 22.4. The number of aryl methyl sites for hydroxylation is 4. The van der Waals surface area contributed by atoms with Gasteiger partial charge in [0.05, 0.1) is 6.04 Å². The van der Waals surface area contributed by atoms with E-state index >= 15 is 0 Å². The van der Waals surface area contributed by atoms with Crippen LogP contribution in [0.15, 0.2) is 169 Å². The number of hydrogen-bond donors (Lipinski definition) is 0. The van der Waals surface area contributed by atoms with Gasteiger partial charge in [0.1, 0.15) is 0 Å². The fraction of sp³-hybridized carbons (Fsp3) is 0.158. The molecule has 0 N–H and O–H groups in total. The predicted octanol–water partition coefficient (Wildman–Crippen LogP) is 15.1. The number of allylic oxidation sites excluding steroid dienone is 2. The molecule has 3 heterocycles. The molecule has 2 aliphatic carbocycles. The summed E-state index contributed by atoms with van der Waals surface area (Å²) in [5.41, 5.74) is 20.3. The third-order valence-electron chi connectivity index (χ3n) is 13.8. The fourth-order valence-corrected chi connectivity index (χ4v) is 11.8. The third kappa shape index (κ3) is 5.67. The predicted molar refractivity (Wildman–Crippen MR) is 257 cm³/mol. The zero-order valence-electron chi connectivity index (χ0n) is 34.2. The maximum Gasteiger partial charge on any atom is 0.0563 e. The summed E-state index contributed by atoms with van der Waals surface area (Å²) in [4.78, 5) is 5.11. The van der Waals surface area contributed by atoms with Gasteiger partial charge in [0.15, 0.2) is 0 Å². The minimum Gasteiger partial charge on any atom is -0.334 e. The summed E-state index contributed by atoms with van der Waals surface area (Å²) in [7, 11) is 0. The second-order valence-electron chi connectivity index (χ2n) is 17.5. The van der Waals surface area contributed by atoms with E-state index in [1.54, 1.807) is 5.57 Å². The van der Waals surface area contributed by atoms with Crippen molar-refractivity contribution in [3.63, 3.8) is 0 Å². The maximum absolute atomic E-state index is 2.63. The molecule has 4 aliphatic rings. The number of para-hydroxylation sites is 4. The Labute approximate surface area is 357 Å². The van der Waals surface area contributed by atoms with Gasteiger partial charge in [0.25, 0.3) is 0 Å². The number of rotatable bonds is 4. The van der Waals surface area contributed by atoms with Crippen molar-refractivity contribution in [2.75, 3.05) is 9.80 Å². The molecular formula is C57H46N2S. The molecule has 1 aromatic heterocycles. The lowest BCUT2D eigenvalue weighted by atomic mass is 9.77. The van der Waals surface area contributed by atoms with Gasteiger partial charge in [-0.1, -0.05) is 135 Å². The Hall–Kier alpha value is -6.42. The molecule has 0 saturated heterocycles. The van der Waals surface area contributed by atoms with Crippen molar-refractivity contribution in [3.8, 4) is 0 Å². The Morgan fingerprint density at radius 1 is 0.550 bits per heavy atom. The van der Waals surface area contributed by atoms with Gasteiger partial charge in [0.2, 0.25) is 0 Å². The fourth-order valence-electron chi connectivity index (χ4n) is 10.7. The Bertz CT molecular complexity index is 3040. The number of hydrogen-bond acceptors (Lipinski definition) is 3. The van der Waals surface area contributed by atoms with Crippen molar-refractivity contribution in [1.82, 2.24) is 0 Å². The first-order valence-electron chi connectivity index (χ1n) is 21.6. The zero-order valence-corrected chi connectivity index (χ0v) is 35.0. The number of nitrogens with zero attached hydrogens (tertiary/aromatic N) is 2. The van der Waals surface area contributed by atoms with E-state index in [1.165, 1.54) is 98.7 Å². The van der Waals surface area contributed by atoms with E-state index in [4.69, 9.17) is 0 Å². The highest BCUT2D eigenvalue weighted by Crippen LogP contribution is 2.52. The Kier molecular flexibility index (Phi) is 8.19. The summed E-state index contributed by atoms with van der Waals surface area (Å²) in [5.74, 6) is 0. The normalized spacial score (nSPS) is 17.5. The Morgan fingerprint density at radius 2 is 1.07 bits per heavy atom. The molecule has 0 radical (unpaired) electrons. The average molecular weight is 791 g/mol. The molecule has 1 atom stereocenters. The molecule has 2 aliphatic heterocycles. The van der Waals surface area contributed by atoms with Crippen molar-refractivity contribution in [1.29, 1.82) is 0 Å². The molecule has 290 valence electrons. The van der Waals surface area contributed by atoms with Crippen LogP contribution in [0, 0.1) is 0 Å². The highest BCUT2D eigenvalue weighted by atomic mass is 32.1. The molecule has 1 unspecified atom stereocenters. The van der Waals surface area contributed by atoms with Crippen LogP contribution in [0.1, 0.15) is 64.8 Å². The smallest absolute Gasteiger partial charge is 0.0563 e. The monoisotopic (exact) mass is 790 g/mol. The number of anilines is 5. The minimum atomic E-state index is -0.0664. The van der Waals surface area contributed by atoms with Crippen LogP contribution in [0.5, 0.6) is 0 Å². The topological polar surface area (TPSA) is 6.48 Å². The Balaban J connectivity index is 0.851. The highest BCUT2D eigenvalue weighted by Gasteiger charge is 2.41. The number of thiophene rings is 1. The summed E-state index contributed by atoms with van der Waals surface area (Å²) in [6.07, 6.45) is 14.8. The lowest BCUT2D eigenvalue weighted by Gasteiger charge is -2.37. The molecule has 12 rings (SSSR count). The van der Waals surface area contributed by atoms with Gasteiger partial charge in [-0.05, 0) is 142 Å². The maximum atomic E-state index is 2.63. The molecule has 7 aromatic carbocycles. The van der Waals surface area contributed by atoms with Crippen LogP contribution >= 0.6 is 11.3 Å². The van der Waals surface area contributed by atoms with E-state index in [0.29, 0.717) is 0 Å². The average Bonchev–Trinajstić information content (AvgIpc) is 3.59. The molecular weight excluding hydrogens is 745 g/mol. The third-order valence-corrected chi connectivity index (χ3v) is 15.0. The largest absolute Gasteiger partial charge is 0.334 e. The second-order valence-corrected chi connectivity index (χ2v) is 18.6. The summed E-state index contributed by atoms with van der Waals surface area (Å²) >= 11 is 1.89. The Morgan fingerprint density at radius 3 is 1.70 bits per heavy atom. The lowest BCUT2D eigenvalue weighted by molar-refractivity contribution is 0.585. The van der Waals surface area contributed by atoms with Crippen molar-refractivity contribution in [2.24, 2.45) is 0 Å². The summed E-state index contributed by atoms with van der Waals surface area (Å²) in [6, 6.07) is 57.3. The summed E-state index contributed by atoms with van der Waals surface area (Å²) < 4.78 is 2.65. The van der Waals surface area contributed by atoms with E-state index in [-0.39, 0.29) is 11.5 Å². The van der Waals surface area contributed by atoms with Crippen LogP contribution < -0.4 is 9.80 Å². The van der Waals surface area contributed by atoms with E-state index in [9.17, 15) is 0 Å². The van der Waals surface area contributed by atoms with Crippen LogP contribution in [0.3, 0.4) is 0 Å². The molecule has 3 heteroatoms. The number of fused-ring (bicyclic) bond motifs is 9. The molecule has 0 bridgehead atoms. The lowest BCUT2D eigenvalue weighted by Crippen LogP contribution is -2.34. The van der Waals surface area contributed by atoms with Gasteiger partial charge in [-0.15, -0.1) is 11.3 Å². The van der Waals surface area contributed by atoms with Crippen molar-refractivity contribution in [2.45, 2.75) is 57.4 Å². The summed E-state index contributed by atoms with van der Waals surface area (Å²) in [5, 5.41) is 2.63. The quantitative estimate of drug-likeness (QED) is 0.164.